The van der Waals surface area contributed by atoms with E-state index in [-0.39, 0.29) is 29.2 Å². The zero-order chi connectivity index (χ0) is 19.6. The Morgan fingerprint density at radius 2 is 1.85 bits per heavy atom. The summed E-state index contributed by atoms with van der Waals surface area (Å²) in [7, 11) is 0. The molecular formula is C21H25N3O3. The highest BCUT2D eigenvalue weighted by molar-refractivity contribution is 6.01. The first-order chi connectivity index (χ1) is 12.9. The van der Waals surface area contributed by atoms with E-state index in [0.717, 1.165) is 31.4 Å². The minimum atomic E-state index is -1.09. The van der Waals surface area contributed by atoms with Crippen molar-refractivity contribution < 1.29 is 14.7 Å². The number of anilines is 1. The molecule has 2 aromatic rings. The van der Waals surface area contributed by atoms with E-state index in [9.17, 15) is 14.7 Å². The van der Waals surface area contributed by atoms with Crippen molar-refractivity contribution in [1.29, 1.82) is 0 Å². The van der Waals surface area contributed by atoms with Gasteiger partial charge < -0.3 is 5.11 Å². The second-order valence-electron chi connectivity index (χ2n) is 7.28. The monoisotopic (exact) mass is 367 g/mol. The molecule has 0 spiro atoms. The molecule has 1 aromatic carbocycles. The van der Waals surface area contributed by atoms with Gasteiger partial charge in [0.2, 0.25) is 5.91 Å². The third-order valence-corrected chi connectivity index (χ3v) is 4.97. The molecule has 0 radical (unpaired) electrons. The molecule has 0 bridgehead atoms. The number of carbonyl (C=O) groups excluding carboxylic acids is 1. The summed E-state index contributed by atoms with van der Waals surface area (Å²) in [5.74, 6) is -1.07. The van der Waals surface area contributed by atoms with Crippen LogP contribution in [-0.2, 0) is 4.79 Å². The van der Waals surface area contributed by atoms with Crippen molar-refractivity contribution >= 4 is 17.7 Å². The van der Waals surface area contributed by atoms with Gasteiger partial charge in [-0.3, -0.25) is 9.69 Å². The van der Waals surface area contributed by atoms with Gasteiger partial charge >= 0.3 is 5.97 Å². The van der Waals surface area contributed by atoms with Crippen molar-refractivity contribution in [3.05, 3.63) is 54.2 Å². The summed E-state index contributed by atoms with van der Waals surface area (Å²) in [5.41, 5.74) is 1.95. The van der Waals surface area contributed by atoms with Crippen LogP contribution in [0, 0.1) is 5.92 Å². The lowest BCUT2D eigenvalue weighted by atomic mass is 9.85. The van der Waals surface area contributed by atoms with Crippen molar-refractivity contribution in [1.82, 2.24) is 9.78 Å². The van der Waals surface area contributed by atoms with Crippen molar-refractivity contribution in [3.63, 3.8) is 0 Å². The normalized spacial score (nSPS) is 15.1. The van der Waals surface area contributed by atoms with Gasteiger partial charge in [0.25, 0.3) is 0 Å². The van der Waals surface area contributed by atoms with Crippen LogP contribution >= 0.6 is 0 Å². The maximum Gasteiger partial charge on any atom is 0.341 e. The maximum atomic E-state index is 13.2. The minimum Gasteiger partial charge on any atom is -0.477 e. The summed E-state index contributed by atoms with van der Waals surface area (Å²) < 4.78 is 1.52. The number of hydrogen-bond acceptors (Lipinski definition) is 3. The molecule has 0 unspecified atom stereocenters. The fourth-order valence-corrected chi connectivity index (χ4v) is 3.48. The van der Waals surface area contributed by atoms with E-state index in [1.807, 2.05) is 44.2 Å². The minimum absolute atomic E-state index is 0.0288. The lowest BCUT2D eigenvalue weighted by molar-refractivity contribution is -0.123. The van der Waals surface area contributed by atoms with Gasteiger partial charge in [-0.05, 0) is 51.7 Å². The molecule has 1 fully saturated rings. The van der Waals surface area contributed by atoms with Crippen molar-refractivity contribution in [2.45, 2.75) is 45.6 Å². The number of carboxylic acid groups (broad SMARTS) is 1. The molecule has 1 aromatic heterocycles. The Kier molecular flexibility index (Phi) is 5.44. The number of hydrogen-bond donors (Lipinski definition) is 1. The largest absolute Gasteiger partial charge is 0.477 e. The summed E-state index contributed by atoms with van der Waals surface area (Å²) in [4.78, 5) is 26.6. The number of amides is 1. The van der Waals surface area contributed by atoms with Gasteiger partial charge in [0.05, 0.1) is 5.69 Å². The fourth-order valence-electron chi connectivity index (χ4n) is 3.48. The zero-order valence-electron chi connectivity index (χ0n) is 15.8. The molecule has 1 amide bonds. The Balaban J connectivity index is 1.99. The van der Waals surface area contributed by atoms with Gasteiger partial charge in [0, 0.05) is 18.2 Å². The number of rotatable bonds is 5. The van der Waals surface area contributed by atoms with Gasteiger partial charge in [0.15, 0.2) is 5.82 Å². The Labute approximate surface area is 159 Å². The van der Waals surface area contributed by atoms with Gasteiger partial charge in [-0.2, -0.15) is 0 Å². The molecule has 1 saturated carbocycles. The summed E-state index contributed by atoms with van der Waals surface area (Å²) in [6.45, 7) is 7.77. The molecule has 0 saturated heterocycles. The lowest BCUT2D eigenvalue weighted by Crippen LogP contribution is -2.42. The maximum absolute atomic E-state index is 13.2. The predicted molar refractivity (Wildman–Crippen MR) is 104 cm³/mol. The number of allylic oxidation sites excluding steroid dienone is 1. The van der Waals surface area contributed by atoms with E-state index >= 15 is 0 Å². The van der Waals surface area contributed by atoms with E-state index < -0.39 is 5.97 Å². The molecule has 0 aliphatic heterocycles. The van der Waals surface area contributed by atoms with E-state index in [1.54, 1.807) is 4.90 Å². The SMILES string of the molecule is C=C1CCC(C(=O)N(c2nn(-c3ccccc3)cc2C(=O)O)C(C)C)CC1. The summed E-state index contributed by atoms with van der Waals surface area (Å²) in [6, 6.07) is 9.09. The first kappa shape index (κ1) is 18.9. The first-order valence-corrected chi connectivity index (χ1v) is 9.26. The molecular weight excluding hydrogens is 342 g/mol. The predicted octanol–water partition coefficient (Wildman–Crippen LogP) is 4.06. The van der Waals surface area contributed by atoms with Crippen LogP contribution in [0.3, 0.4) is 0 Å². The average Bonchev–Trinajstić information content (AvgIpc) is 3.08. The molecule has 27 heavy (non-hydrogen) atoms. The summed E-state index contributed by atoms with van der Waals surface area (Å²) in [5, 5.41) is 14.2. The number of aromatic carboxylic acids is 1. The lowest BCUT2D eigenvalue weighted by Gasteiger charge is -2.31. The summed E-state index contributed by atoms with van der Waals surface area (Å²) in [6.07, 6.45) is 4.66. The standard InChI is InChI=1S/C21H25N3O3/c1-14(2)24(20(25)16-11-9-15(3)10-12-16)19-18(21(26)27)13-23(22-19)17-7-5-4-6-8-17/h4-8,13-14,16H,3,9-12H2,1-2H3,(H,26,27). The molecule has 0 atom stereocenters. The second kappa shape index (κ2) is 7.78. The molecule has 6 heteroatoms. The number of nitrogens with zero attached hydrogens (tertiary/aromatic N) is 3. The van der Waals surface area contributed by atoms with Crippen LogP contribution in [0.15, 0.2) is 48.7 Å². The van der Waals surface area contributed by atoms with Gasteiger partial charge in [0.1, 0.15) is 5.56 Å². The van der Waals surface area contributed by atoms with Crippen LogP contribution in [0.1, 0.15) is 49.9 Å². The van der Waals surface area contributed by atoms with Crippen LogP contribution in [0.25, 0.3) is 5.69 Å². The van der Waals surface area contributed by atoms with E-state index in [2.05, 4.69) is 11.7 Å². The Bertz CT molecular complexity index is 845. The zero-order valence-corrected chi connectivity index (χ0v) is 15.8. The number of carbonyl (C=O) groups is 2. The van der Waals surface area contributed by atoms with Gasteiger partial charge in [-0.25, -0.2) is 9.48 Å². The van der Waals surface area contributed by atoms with Gasteiger partial charge in [-0.1, -0.05) is 30.4 Å². The molecule has 1 aliphatic carbocycles. The van der Waals surface area contributed by atoms with Crippen LogP contribution in [-0.4, -0.2) is 32.8 Å². The van der Waals surface area contributed by atoms with E-state index in [0.29, 0.717) is 0 Å². The Morgan fingerprint density at radius 1 is 1.22 bits per heavy atom. The van der Waals surface area contributed by atoms with Crippen LogP contribution in [0.2, 0.25) is 0 Å². The topological polar surface area (TPSA) is 75.4 Å². The highest BCUT2D eigenvalue weighted by Crippen LogP contribution is 2.32. The van der Waals surface area contributed by atoms with Crippen LogP contribution < -0.4 is 4.90 Å². The highest BCUT2D eigenvalue weighted by Gasteiger charge is 2.33. The van der Waals surface area contributed by atoms with Crippen molar-refractivity contribution in [2.75, 3.05) is 4.90 Å². The van der Waals surface area contributed by atoms with Crippen LogP contribution in [0.4, 0.5) is 5.82 Å². The Hall–Kier alpha value is -2.89. The van der Waals surface area contributed by atoms with Gasteiger partial charge in [-0.15, -0.1) is 5.10 Å². The molecule has 1 aliphatic rings. The quantitative estimate of drug-likeness (QED) is 0.809. The average molecular weight is 367 g/mol. The van der Waals surface area contributed by atoms with E-state index in [1.165, 1.54) is 16.5 Å². The van der Waals surface area contributed by atoms with Crippen LogP contribution in [0.5, 0.6) is 0 Å². The molecule has 142 valence electrons. The first-order valence-electron chi connectivity index (χ1n) is 9.26. The molecule has 6 nitrogen and oxygen atoms in total. The number of benzene rings is 1. The fraction of sp³-hybridized carbons (Fsp3) is 0.381. The number of para-hydroxylation sites is 1. The highest BCUT2D eigenvalue weighted by atomic mass is 16.4. The third kappa shape index (κ3) is 3.94. The molecule has 1 heterocycles. The number of carboxylic acids is 1. The van der Waals surface area contributed by atoms with E-state index in [4.69, 9.17) is 0 Å². The third-order valence-electron chi connectivity index (χ3n) is 4.97. The van der Waals surface area contributed by atoms with Crippen molar-refractivity contribution in [3.8, 4) is 5.69 Å². The Morgan fingerprint density at radius 3 is 2.41 bits per heavy atom. The second-order valence-corrected chi connectivity index (χ2v) is 7.28. The van der Waals surface area contributed by atoms with Crippen molar-refractivity contribution in [2.24, 2.45) is 5.92 Å². The smallest absolute Gasteiger partial charge is 0.341 e. The summed E-state index contributed by atoms with van der Waals surface area (Å²) >= 11 is 0. The molecule has 3 rings (SSSR count). The number of aromatic nitrogens is 2. The molecule has 1 N–H and O–H groups in total.